The summed E-state index contributed by atoms with van der Waals surface area (Å²) in [6.45, 7) is 10.9. The summed E-state index contributed by atoms with van der Waals surface area (Å²) < 4.78 is 0. The Morgan fingerprint density at radius 2 is 2.10 bits per heavy atom. The Morgan fingerprint density at radius 3 is 2.73 bits per heavy atom. The molecule has 0 spiro atoms. The first-order valence-electron chi connectivity index (χ1n) is 9.52. The van der Waals surface area contributed by atoms with Crippen molar-refractivity contribution in [3.63, 3.8) is 0 Å². The van der Waals surface area contributed by atoms with Crippen LogP contribution in [0, 0.1) is 0 Å². The molecule has 1 aromatic heterocycles. The molecular formula is C21H25ClN4O3S. The number of aromatic nitrogens is 1. The number of amides is 2. The van der Waals surface area contributed by atoms with Crippen LogP contribution < -0.4 is 10.6 Å². The molecule has 30 heavy (non-hydrogen) atoms. The molecule has 0 radical (unpaired) electrons. The second-order valence-corrected chi connectivity index (χ2v) is 9.71. The van der Waals surface area contributed by atoms with Crippen LogP contribution in [-0.2, 0) is 16.8 Å². The number of phenols is 1. The highest BCUT2D eigenvalue weighted by Crippen LogP contribution is 2.37. The molecule has 1 saturated heterocycles. The molecule has 0 saturated carbocycles. The molecule has 2 aromatic rings. The summed E-state index contributed by atoms with van der Waals surface area (Å²) in [5.41, 5.74) is 1.32. The fourth-order valence-corrected chi connectivity index (χ4v) is 4.28. The third-order valence-corrected chi connectivity index (χ3v) is 6.11. The van der Waals surface area contributed by atoms with Crippen molar-refractivity contribution in [1.29, 1.82) is 0 Å². The number of carbonyl (C=O) groups is 2. The van der Waals surface area contributed by atoms with Crippen LogP contribution in [-0.4, -0.2) is 45.9 Å². The molecule has 1 aliphatic rings. The van der Waals surface area contributed by atoms with Crippen LogP contribution >= 0.6 is 22.9 Å². The van der Waals surface area contributed by atoms with Crippen molar-refractivity contribution in [2.45, 2.75) is 38.8 Å². The fraction of sp³-hybridized carbons (Fsp3) is 0.381. The van der Waals surface area contributed by atoms with E-state index in [1.807, 2.05) is 6.07 Å². The Labute approximate surface area is 184 Å². The summed E-state index contributed by atoms with van der Waals surface area (Å²) in [4.78, 5) is 30.2. The van der Waals surface area contributed by atoms with Crippen LogP contribution in [0.25, 0.3) is 0 Å². The van der Waals surface area contributed by atoms with Crippen molar-refractivity contribution < 1.29 is 14.7 Å². The number of likely N-dealkylation sites (tertiary alicyclic amines) is 1. The number of aromatic hydroxyl groups is 1. The zero-order valence-corrected chi connectivity index (χ0v) is 18.7. The summed E-state index contributed by atoms with van der Waals surface area (Å²) in [7, 11) is 0. The first kappa shape index (κ1) is 22.1. The topological polar surface area (TPSA) is 94.6 Å². The molecule has 0 atom stereocenters. The fourth-order valence-electron chi connectivity index (χ4n) is 3.08. The average molecular weight is 449 g/mol. The van der Waals surface area contributed by atoms with Gasteiger partial charge >= 0.3 is 0 Å². The third kappa shape index (κ3) is 4.94. The lowest BCUT2D eigenvalue weighted by molar-refractivity contribution is -0.130. The molecule has 9 heteroatoms. The van der Waals surface area contributed by atoms with Gasteiger partial charge in [0.25, 0.3) is 5.91 Å². The summed E-state index contributed by atoms with van der Waals surface area (Å²) in [5.74, 6) is -0.281. The maximum Gasteiger partial charge on any atom is 0.263 e. The van der Waals surface area contributed by atoms with Gasteiger partial charge in [-0.2, -0.15) is 0 Å². The number of benzene rings is 1. The Bertz CT molecular complexity index is 977. The van der Waals surface area contributed by atoms with Gasteiger partial charge in [-0.05, 0) is 23.1 Å². The number of halogens is 1. The van der Waals surface area contributed by atoms with Crippen molar-refractivity contribution in [2.24, 2.45) is 0 Å². The van der Waals surface area contributed by atoms with E-state index in [0.717, 1.165) is 5.56 Å². The number of anilines is 1. The Hall–Kier alpha value is -2.58. The number of hydrogen-bond donors (Lipinski definition) is 3. The van der Waals surface area contributed by atoms with E-state index >= 15 is 0 Å². The summed E-state index contributed by atoms with van der Waals surface area (Å²) in [6, 6.07) is 3.31. The van der Waals surface area contributed by atoms with Crippen molar-refractivity contribution >= 4 is 40.4 Å². The second kappa shape index (κ2) is 8.65. The lowest BCUT2D eigenvalue weighted by atomic mass is 9.86. The molecule has 0 unspecified atom stereocenters. The number of nitrogens with one attached hydrogen (secondary N) is 2. The first-order chi connectivity index (χ1) is 14.1. The minimum atomic E-state index is -0.209. The van der Waals surface area contributed by atoms with Gasteiger partial charge < -0.3 is 20.6 Å². The van der Waals surface area contributed by atoms with Gasteiger partial charge in [-0.15, -0.1) is 11.3 Å². The molecule has 0 aliphatic carbocycles. The molecule has 160 valence electrons. The highest BCUT2D eigenvalue weighted by molar-refractivity contribution is 7.13. The minimum absolute atomic E-state index is 0.0612. The van der Waals surface area contributed by atoms with Gasteiger partial charge in [-0.1, -0.05) is 39.0 Å². The molecule has 1 aliphatic heterocycles. The van der Waals surface area contributed by atoms with Gasteiger partial charge in [-0.3, -0.25) is 9.59 Å². The normalized spacial score (nSPS) is 14.2. The maximum absolute atomic E-state index is 12.4. The monoisotopic (exact) mass is 448 g/mol. The quantitative estimate of drug-likeness (QED) is 0.464. The minimum Gasteiger partial charge on any atom is -0.506 e. The number of nitrogens with zero attached hydrogens (tertiary/aromatic N) is 2. The number of thiazole rings is 1. The largest absolute Gasteiger partial charge is 0.506 e. The van der Waals surface area contributed by atoms with Gasteiger partial charge in [0.1, 0.15) is 15.6 Å². The lowest BCUT2D eigenvalue weighted by Gasteiger charge is -2.38. The van der Waals surface area contributed by atoms with Crippen molar-refractivity contribution in [2.75, 3.05) is 18.4 Å². The Morgan fingerprint density at radius 1 is 1.40 bits per heavy atom. The highest BCUT2D eigenvalue weighted by Gasteiger charge is 2.31. The zero-order valence-electron chi connectivity index (χ0n) is 17.2. The number of phenolic OH excluding ortho intramolecular Hbond substituents is 1. The lowest BCUT2D eigenvalue weighted by Crippen LogP contribution is -2.60. The Balaban J connectivity index is 1.58. The highest BCUT2D eigenvalue weighted by atomic mass is 35.5. The molecule has 3 rings (SSSR count). The van der Waals surface area contributed by atoms with Gasteiger partial charge in [0, 0.05) is 24.2 Å². The molecule has 2 heterocycles. The van der Waals surface area contributed by atoms with Crippen LogP contribution in [0.4, 0.5) is 5.69 Å². The predicted octanol–water partition coefficient (Wildman–Crippen LogP) is 3.54. The molecule has 0 bridgehead atoms. The van der Waals surface area contributed by atoms with E-state index in [1.54, 1.807) is 4.90 Å². The van der Waals surface area contributed by atoms with E-state index in [4.69, 9.17) is 11.6 Å². The molecule has 1 aromatic carbocycles. The second-order valence-electron chi connectivity index (χ2n) is 8.19. The molecular weight excluding hydrogens is 424 g/mol. The number of carbonyl (C=O) groups excluding carboxylic acids is 2. The SMILES string of the molecule is C=CC(=O)N1CC(NC(=O)c2cnc(CNc3cc(C(C)(C)C)c(Cl)cc3O)s2)C1. The van der Waals surface area contributed by atoms with Crippen molar-refractivity contribution in [1.82, 2.24) is 15.2 Å². The van der Waals surface area contributed by atoms with E-state index in [1.165, 1.54) is 29.7 Å². The van der Waals surface area contributed by atoms with Crippen molar-refractivity contribution in [3.05, 3.63) is 51.5 Å². The third-order valence-electron chi connectivity index (χ3n) is 4.80. The smallest absolute Gasteiger partial charge is 0.263 e. The van der Waals surface area contributed by atoms with Crippen LogP contribution in [0.5, 0.6) is 5.75 Å². The Kier molecular flexibility index (Phi) is 6.38. The van der Waals surface area contributed by atoms with Gasteiger partial charge in [0.2, 0.25) is 5.91 Å². The van der Waals surface area contributed by atoms with Crippen LogP contribution in [0.2, 0.25) is 5.02 Å². The van der Waals surface area contributed by atoms with E-state index in [2.05, 4.69) is 43.0 Å². The van der Waals surface area contributed by atoms with Crippen LogP contribution in [0.1, 0.15) is 41.0 Å². The van der Waals surface area contributed by atoms with Gasteiger partial charge in [0.15, 0.2) is 0 Å². The van der Waals surface area contributed by atoms with E-state index in [9.17, 15) is 14.7 Å². The number of rotatable bonds is 6. The zero-order chi connectivity index (χ0) is 22.1. The van der Waals surface area contributed by atoms with Crippen LogP contribution in [0.3, 0.4) is 0 Å². The van der Waals surface area contributed by atoms with E-state index in [0.29, 0.717) is 40.2 Å². The summed E-state index contributed by atoms with van der Waals surface area (Å²) in [5, 5.41) is 17.5. The van der Waals surface area contributed by atoms with Gasteiger partial charge in [0.05, 0.1) is 24.5 Å². The summed E-state index contributed by atoms with van der Waals surface area (Å²) >= 11 is 7.54. The van der Waals surface area contributed by atoms with E-state index < -0.39 is 0 Å². The average Bonchev–Trinajstić information content (AvgIpc) is 3.11. The van der Waals surface area contributed by atoms with Gasteiger partial charge in [-0.25, -0.2) is 4.98 Å². The molecule has 1 fully saturated rings. The van der Waals surface area contributed by atoms with Crippen molar-refractivity contribution in [3.8, 4) is 5.75 Å². The van der Waals surface area contributed by atoms with E-state index in [-0.39, 0.29) is 29.0 Å². The predicted molar refractivity (Wildman–Crippen MR) is 119 cm³/mol. The first-order valence-corrected chi connectivity index (χ1v) is 10.7. The molecule has 7 nitrogen and oxygen atoms in total. The summed E-state index contributed by atoms with van der Waals surface area (Å²) in [6.07, 6.45) is 2.80. The van der Waals surface area contributed by atoms with Crippen LogP contribution in [0.15, 0.2) is 31.0 Å². The molecule has 2 amide bonds. The molecule has 3 N–H and O–H groups in total. The maximum atomic E-state index is 12.4. The number of hydrogen-bond acceptors (Lipinski definition) is 6. The standard InChI is InChI=1S/C21H25ClN4O3S/c1-5-19(28)26-10-12(11-26)25-20(29)17-8-24-18(30-17)9-23-15-6-13(21(2,3)4)14(22)7-16(15)27/h5-8,12,23,27H,1,9-11H2,2-4H3,(H,25,29).